The number of guanidine groups is 2. The monoisotopic (exact) mass is 574 g/mol. The largest absolute Gasteiger partial charge is 0.487 e. The minimum atomic E-state index is -3.66. The van der Waals surface area contributed by atoms with Crippen LogP contribution in [0, 0.1) is 0 Å². The molecule has 1 heterocycles. The minimum absolute atomic E-state index is 0.120. The lowest BCUT2D eigenvalue weighted by Crippen LogP contribution is -2.54. The number of sulfonamides is 1. The summed E-state index contributed by atoms with van der Waals surface area (Å²) in [5.74, 6) is 0.612. The number of ether oxygens (including phenoxy) is 1. The van der Waals surface area contributed by atoms with Gasteiger partial charge in [-0.2, -0.15) is 13.4 Å². The molecule has 0 amide bonds. The SMILES string of the molecule is CCS(=O)(=O)O.CN(C)S(=O)(=O)c1ccc(COc2ccc(N3C(N)=NC(N)=NC3(C)C)cc2Cl)cc1. The molecule has 37 heavy (non-hydrogen) atoms. The second-order valence-corrected chi connectivity index (χ2v) is 12.8. The smallest absolute Gasteiger partial charge is 0.264 e. The third-order valence-electron chi connectivity index (χ3n) is 5.03. The highest BCUT2D eigenvalue weighted by molar-refractivity contribution is 7.89. The number of anilines is 1. The van der Waals surface area contributed by atoms with Gasteiger partial charge in [0.15, 0.2) is 0 Å². The summed E-state index contributed by atoms with van der Waals surface area (Å²) in [4.78, 5) is 10.3. The molecule has 0 unspecified atom stereocenters. The van der Waals surface area contributed by atoms with Gasteiger partial charge in [-0.05, 0) is 56.7 Å². The molecule has 0 atom stereocenters. The van der Waals surface area contributed by atoms with Crippen molar-refractivity contribution in [2.75, 3.05) is 24.7 Å². The summed E-state index contributed by atoms with van der Waals surface area (Å²) < 4.78 is 58.2. The van der Waals surface area contributed by atoms with Crippen molar-refractivity contribution in [3.8, 4) is 5.75 Å². The van der Waals surface area contributed by atoms with Crippen molar-refractivity contribution in [2.45, 2.75) is 37.9 Å². The van der Waals surface area contributed by atoms with Crippen LogP contribution in [0.3, 0.4) is 0 Å². The molecule has 0 saturated heterocycles. The van der Waals surface area contributed by atoms with E-state index in [1.54, 1.807) is 47.4 Å². The van der Waals surface area contributed by atoms with Crippen LogP contribution >= 0.6 is 11.6 Å². The van der Waals surface area contributed by atoms with E-state index >= 15 is 0 Å². The standard InChI is InChI=1S/C20H25ClN6O3S.C2H6O3S/c1-20(2)25-18(22)24-19(23)27(20)14-7-10-17(16(21)11-14)30-12-13-5-8-15(9-6-13)31(28,29)26(3)4;1-2-6(3,4)5/h5-11H,12H2,1-4H3,(H4,22,23,24,25);2H2,1H3,(H,3,4,5). The summed E-state index contributed by atoms with van der Waals surface area (Å²) in [6.45, 7) is 5.32. The molecule has 2 aromatic rings. The van der Waals surface area contributed by atoms with Gasteiger partial charge in [0.05, 0.1) is 15.7 Å². The molecule has 2 aromatic carbocycles. The van der Waals surface area contributed by atoms with Crippen LogP contribution in [0.25, 0.3) is 0 Å². The van der Waals surface area contributed by atoms with Gasteiger partial charge in [-0.15, -0.1) is 0 Å². The molecule has 0 radical (unpaired) electrons. The van der Waals surface area contributed by atoms with Crippen molar-refractivity contribution in [1.82, 2.24) is 4.31 Å². The predicted octanol–water partition coefficient (Wildman–Crippen LogP) is 2.25. The Labute approximate surface area is 222 Å². The first-order chi connectivity index (χ1) is 17.0. The normalized spacial score (nSPS) is 15.4. The van der Waals surface area contributed by atoms with E-state index in [1.807, 2.05) is 13.8 Å². The van der Waals surface area contributed by atoms with Crippen LogP contribution in [-0.4, -0.2) is 63.1 Å². The molecule has 5 N–H and O–H groups in total. The molecule has 3 rings (SSSR count). The Morgan fingerprint density at radius 1 is 1.08 bits per heavy atom. The summed E-state index contributed by atoms with van der Waals surface area (Å²) in [6, 6.07) is 11.7. The predicted molar refractivity (Wildman–Crippen MR) is 145 cm³/mol. The van der Waals surface area contributed by atoms with E-state index in [1.165, 1.54) is 25.3 Å². The summed E-state index contributed by atoms with van der Waals surface area (Å²) in [6.07, 6.45) is 0. The van der Waals surface area contributed by atoms with E-state index < -0.39 is 25.8 Å². The molecule has 12 nitrogen and oxygen atoms in total. The van der Waals surface area contributed by atoms with Crippen LogP contribution in [-0.2, 0) is 26.7 Å². The zero-order valence-corrected chi connectivity index (χ0v) is 23.5. The number of rotatable bonds is 7. The number of nitrogens with two attached hydrogens (primary N) is 2. The van der Waals surface area contributed by atoms with Gasteiger partial charge in [0, 0.05) is 19.8 Å². The second kappa shape index (κ2) is 11.6. The molecule has 0 spiro atoms. The second-order valence-electron chi connectivity index (χ2n) is 8.48. The summed E-state index contributed by atoms with van der Waals surface area (Å²) in [5, 5.41) is 0.385. The van der Waals surface area contributed by atoms with Gasteiger partial charge in [0.2, 0.25) is 21.9 Å². The average molecular weight is 575 g/mol. The van der Waals surface area contributed by atoms with E-state index in [0.717, 1.165) is 5.56 Å². The van der Waals surface area contributed by atoms with Crippen LogP contribution in [0.1, 0.15) is 26.3 Å². The van der Waals surface area contributed by atoms with Crippen molar-refractivity contribution in [3.05, 3.63) is 53.1 Å². The van der Waals surface area contributed by atoms with Crippen molar-refractivity contribution >= 4 is 49.3 Å². The van der Waals surface area contributed by atoms with E-state index in [0.29, 0.717) is 16.5 Å². The molecule has 0 bridgehead atoms. The van der Waals surface area contributed by atoms with Gasteiger partial charge in [0.25, 0.3) is 10.1 Å². The first-order valence-electron chi connectivity index (χ1n) is 10.9. The summed E-state index contributed by atoms with van der Waals surface area (Å²) in [7, 11) is -4.15. The van der Waals surface area contributed by atoms with Crippen molar-refractivity contribution < 1.29 is 26.1 Å². The zero-order chi connectivity index (χ0) is 28.2. The molecular weight excluding hydrogens is 544 g/mol. The Morgan fingerprint density at radius 3 is 2.11 bits per heavy atom. The van der Waals surface area contributed by atoms with E-state index in [9.17, 15) is 16.8 Å². The van der Waals surface area contributed by atoms with Crippen LogP contribution < -0.4 is 21.1 Å². The van der Waals surface area contributed by atoms with E-state index in [2.05, 4.69) is 9.98 Å². The Bertz CT molecular complexity index is 1390. The van der Waals surface area contributed by atoms with Crippen LogP contribution in [0.5, 0.6) is 5.75 Å². The van der Waals surface area contributed by atoms with Crippen molar-refractivity contribution in [1.29, 1.82) is 0 Å². The number of nitrogens with zero attached hydrogens (tertiary/aromatic N) is 4. The Balaban J connectivity index is 0.000000717. The van der Waals surface area contributed by atoms with Gasteiger partial charge < -0.3 is 16.2 Å². The molecule has 0 fully saturated rings. The number of aliphatic imine (C=N–C) groups is 2. The van der Waals surface area contributed by atoms with E-state index in [4.69, 9.17) is 32.4 Å². The highest BCUT2D eigenvalue weighted by Gasteiger charge is 2.33. The summed E-state index contributed by atoms with van der Waals surface area (Å²) >= 11 is 6.43. The first kappa shape index (κ1) is 30.3. The maximum atomic E-state index is 12.2. The molecule has 1 aliphatic rings. The fraction of sp³-hybridized carbons (Fsp3) is 0.364. The lowest BCUT2D eigenvalue weighted by molar-refractivity contribution is 0.306. The third-order valence-corrected chi connectivity index (χ3v) is 7.88. The number of benzene rings is 2. The Kier molecular flexibility index (Phi) is 9.54. The lowest BCUT2D eigenvalue weighted by atomic mass is 10.1. The quantitative estimate of drug-likeness (QED) is 0.418. The Morgan fingerprint density at radius 2 is 1.65 bits per heavy atom. The minimum Gasteiger partial charge on any atom is -0.487 e. The third kappa shape index (κ3) is 8.04. The van der Waals surface area contributed by atoms with Gasteiger partial charge in [-0.25, -0.2) is 17.7 Å². The molecule has 0 saturated carbocycles. The van der Waals surface area contributed by atoms with Crippen LogP contribution in [0.4, 0.5) is 5.69 Å². The Hall–Kier alpha value is -2.91. The highest BCUT2D eigenvalue weighted by Crippen LogP contribution is 2.34. The molecular formula is C22H31ClN6O6S2. The van der Waals surface area contributed by atoms with Crippen molar-refractivity contribution in [3.63, 3.8) is 0 Å². The number of hydrogen-bond acceptors (Lipinski definition) is 10. The van der Waals surface area contributed by atoms with Crippen molar-refractivity contribution in [2.24, 2.45) is 21.5 Å². The number of halogens is 1. The van der Waals surface area contributed by atoms with Gasteiger partial charge in [-0.1, -0.05) is 23.7 Å². The van der Waals surface area contributed by atoms with Gasteiger partial charge >= 0.3 is 0 Å². The molecule has 204 valence electrons. The topological polar surface area (TPSA) is 181 Å². The average Bonchev–Trinajstić information content (AvgIpc) is 2.77. The van der Waals surface area contributed by atoms with E-state index in [-0.39, 0.29) is 29.2 Å². The van der Waals surface area contributed by atoms with Gasteiger partial charge in [-0.3, -0.25) is 9.45 Å². The van der Waals surface area contributed by atoms with Gasteiger partial charge in [0.1, 0.15) is 18.0 Å². The molecule has 0 aromatic heterocycles. The summed E-state index contributed by atoms with van der Waals surface area (Å²) in [5.41, 5.74) is 12.5. The molecule has 0 aliphatic carbocycles. The zero-order valence-electron chi connectivity index (χ0n) is 21.1. The fourth-order valence-electron chi connectivity index (χ4n) is 3.13. The maximum Gasteiger partial charge on any atom is 0.264 e. The number of hydrogen-bond donors (Lipinski definition) is 3. The van der Waals surface area contributed by atoms with Crippen LogP contribution in [0.15, 0.2) is 57.3 Å². The lowest BCUT2D eigenvalue weighted by Gasteiger charge is -2.38. The first-order valence-corrected chi connectivity index (χ1v) is 14.3. The molecule has 1 aliphatic heterocycles. The highest BCUT2D eigenvalue weighted by atomic mass is 35.5. The maximum absolute atomic E-state index is 12.2. The van der Waals surface area contributed by atoms with Crippen LogP contribution in [0.2, 0.25) is 5.02 Å². The molecule has 15 heteroatoms. The fourth-order valence-corrected chi connectivity index (χ4v) is 4.26.